The first-order valence-corrected chi connectivity index (χ1v) is 12.2. The minimum absolute atomic E-state index is 0.0733. The third-order valence-corrected chi connectivity index (χ3v) is 7.59. The minimum atomic E-state index is -10.9. The minimum Gasteiger partial charge on any atom is -0.393 e. The third-order valence-electron chi connectivity index (χ3n) is 5.55. The van der Waals surface area contributed by atoms with Crippen LogP contribution in [0.4, 0.5) is 123 Å². The number of rotatable bonds is 14. The molecule has 0 aliphatic carbocycles. The lowest BCUT2D eigenvalue weighted by molar-refractivity contribution is -0.460. The summed E-state index contributed by atoms with van der Waals surface area (Å²) < 4.78 is 404. The van der Waals surface area contributed by atoms with Crippen molar-refractivity contribution in [1.82, 2.24) is 5.12 Å². The number of alkyl halides is 27. The van der Waals surface area contributed by atoms with Gasteiger partial charge >= 0.3 is 82.3 Å². The van der Waals surface area contributed by atoms with Crippen LogP contribution < -0.4 is 0 Å². The molecule has 1 unspecified atom stereocenters. The number of hydrogen-bond acceptors (Lipinski definition) is 5. The molecule has 5 nitrogen and oxygen atoms in total. The van der Waals surface area contributed by atoms with Crippen LogP contribution in [0.15, 0.2) is 12.2 Å². The van der Waals surface area contributed by atoms with Gasteiger partial charge in [-0.05, 0) is 12.0 Å². The SMILES string of the molecule is C=C(C)C(=O)OC(F)(F)C(F)(N(F)C(F)(F)C(F)(F)C(F)(F)F)S(=O)(=O)C(F)(F)C(F)(F)C(F)(F)C(F)(F)C(F)(F)C(F)(F)C(F)(F)C(F)(F)F. The summed E-state index contributed by atoms with van der Waals surface area (Å²) in [5.41, 5.74) is -1.91. The van der Waals surface area contributed by atoms with Crippen LogP contribution in [-0.4, -0.2) is 95.9 Å². The number of hydrogen-bond donors (Lipinski definition) is 0. The Bertz CT molecular complexity index is 1460. The molecule has 0 aromatic carbocycles. The summed E-state index contributed by atoms with van der Waals surface area (Å²) in [6.45, 7) is 2.09. The molecule has 0 spiro atoms. The molecule has 0 aromatic heterocycles. The molecule has 0 aromatic rings. The highest BCUT2D eigenvalue weighted by atomic mass is 32.2. The standard InChI is InChI=1S/C17H5F28NO4S/c1-3(2)4(47)50-15(40,41)17(44,46(45)14(38,39)11(30,31)13(35,36)37)51(48,49)16(42,43)10(28,29)8(24,25)6(20,21)5(18,19)7(22,23)9(26,27)12(32,33)34/h1H2,2H3. The van der Waals surface area contributed by atoms with Gasteiger partial charge in [-0.15, -0.1) is 4.48 Å². The zero-order chi connectivity index (χ0) is 42.4. The van der Waals surface area contributed by atoms with Crippen LogP contribution >= 0.6 is 0 Å². The van der Waals surface area contributed by atoms with Crippen molar-refractivity contribution < 1.29 is 141 Å². The molecule has 0 heterocycles. The van der Waals surface area contributed by atoms with Crippen LogP contribution in [0.3, 0.4) is 0 Å². The van der Waals surface area contributed by atoms with Crippen LogP contribution in [-0.2, 0) is 19.4 Å². The summed E-state index contributed by atoms with van der Waals surface area (Å²) in [5.74, 6) is -69.6. The Morgan fingerprint density at radius 2 is 0.784 bits per heavy atom. The van der Waals surface area contributed by atoms with E-state index in [1.165, 1.54) is 0 Å². The first-order chi connectivity index (χ1) is 21.5. The zero-order valence-corrected chi connectivity index (χ0v) is 23.1. The van der Waals surface area contributed by atoms with Gasteiger partial charge < -0.3 is 4.74 Å². The van der Waals surface area contributed by atoms with E-state index in [9.17, 15) is 132 Å². The highest BCUT2D eigenvalue weighted by Crippen LogP contribution is 2.66. The lowest BCUT2D eigenvalue weighted by atomic mass is 9.91. The average Bonchev–Trinajstić information content (AvgIpc) is 2.89. The van der Waals surface area contributed by atoms with E-state index in [4.69, 9.17) is 0 Å². The fourth-order valence-corrected chi connectivity index (χ4v) is 4.09. The van der Waals surface area contributed by atoms with E-state index in [2.05, 4.69) is 11.3 Å². The van der Waals surface area contributed by atoms with E-state index in [0.29, 0.717) is 0 Å². The highest BCUT2D eigenvalue weighted by Gasteiger charge is 2.98. The van der Waals surface area contributed by atoms with Gasteiger partial charge in [-0.1, -0.05) is 6.58 Å². The molecule has 0 radical (unpaired) electrons. The van der Waals surface area contributed by atoms with Gasteiger partial charge in [0.15, 0.2) is 0 Å². The van der Waals surface area contributed by atoms with Crippen molar-refractivity contribution in [3.05, 3.63) is 12.2 Å². The predicted octanol–water partition coefficient (Wildman–Crippen LogP) is 8.68. The second kappa shape index (κ2) is 12.1. The maximum Gasteiger partial charge on any atom is 0.468 e. The van der Waals surface area contributed by atoms with Gasteiger partial charge in [-0.25, -0.2) is 13.2 Å². The van der Waals surface area contributed by atoms with Gasteiger partial charge in [0.2, 0.25) is 0 Å². The molecule has 0 saturated heterocycles. The van der Waals surface area contributed by atoms with Crippen molar-refractivity contribution in [2.24, 2.45) is 0 Å². The Kier molecular flexibility index (Phi) is 11.4. The van der Waals surface area contributed by atoms with Crippen LogP contribution in [0.25, 0.3) is 0 Å². The predicted molar refractivity (Wildman–Crippen MR) is 98.2 cm³/mol. The summed E-state index contributed by atoms with van der Waals surface area (Å²) >= 11 is 0. The van der Waals surface area contributed by atoms with E-state index < -0.39 is 103 Å². The molecule has 51 heavy (non-hydrogen) atoms. The molecule has 304 valence electrons. The Hall–Kier alpha value is -2.84. The summed E-state index contributed by atoms with van der Waals surface area (Å²) in [4.78, 5) is 11.2. The van der Waals surface area contributed by atoms with Gasteiger partial charge in [0, 0.05) is 5.57 Å². The Labute approximate surface area is 258 Å². The molecule has 0 rings (SSSR count). The monoisotopic (exact) mass is 851 g/mol. The van der Waals surface area contributed by atoms with Gasteiger partial charge in [0.05, 0.1) is 0 Å². The fourth-order valence-electron chi connectivity index (χ4n) is 2.61. The van der Waals surface area contributed by atoms with Gasteiger partial charge in [0.1, 0.15) is 0 Å². The molecule has 0 bridgehead atoms. The number of esters is 1. The number of halogens is 28. The van der Waals surface area contributed by atoms with Crippen molar-refractivity contribution >= 4 is 15.8 Å². The molecule has 0 saturated carbocycles. The first-order valence-electron chi connectivity index (χ1n) is 10.7. The number of sulfone groups is 1. The summed E-state index contributed by atoms with van der Waals surface area (Å²) in [6.07, 6.45) is -25.0. The van der Waals surface area contributed by atoms with E-state index in [1.807, 2.05) is 0 Å². The van der Waals surface area contributed by atoms with Crippen LogP contribution in [0.2, 0.25) is 0 Å². The molecule has 0 aliphatic rings. The van der Waals surface area contributed by atoms with Crippen molar-refractivity contribution in [1.29, 1.82) is 0 Å². The molecular formula is C17H5F28NO4S. The molecule has 0 fully saturated rings. The zero-order valence-electron chi connectivity index (χ0n) is 22.3. The van der Waals surface area contributed by atoms with Crippen LogP contribution in [0.1, 0.15) is 6.92 Å². The smallest absolute Gasteiger partial charge is 0.393 e. The third kappa shape index (κ3) is 6.04. The van der Waals surface area contributed by atoms with Crippen molar-refractivity contribution in [2.45, 2.75) is 83.3 Å². The van der Waals surface area contributed by atoms with Crippen LogP contribution in [0.5, 0.6) is 0 Å². The lowest BCUT2D eigenvalue weighted by Gasteiger charge is -2.44. The molecule has 0 aliphatic heterocycles. The molecular weight excluding hydrogens is 846 g/mol. The fraction of sp³-hybridized carbons (Fsp3) is 0.824. The number of nitrogens with zero attached hydrogens (tertiary/aromatic N) is 1. The normalized spacial score (nSPS) is 17.4. The van der Waals surface area contributed by atoms with Gasteiger partial charge in [-0.2, -0.15) is 119 Å². The quantitative estimate of drug-likeness (QED) is 0.0576. The Morgan fingerprint density at radius 3 is 1.06 bits per heavy atom. The molecule has 1 atom stereocenters. The second-order valence-electron chi connectivity index (χ2n) is 9.11. The number of carbonyl (C=O) groups excluding carboxylic acids is 1. The average molecular weight is 851 g/mol. The summed E-state index contributed by atoms with van der Waals surface area (Å²) in [7, 11) is -10.9. The lowest BCUT2D eigenvalue weighted by Crippen LogP contribution is -2.77. The highest BCUT2D eigenvalue weighted by molar-refractivity contribution is 7.93. The summed E-state index contributed by atoms with van der Waals surface area (Å²) in [5, 5.41) is -24.6. The van der Waals surface area contributed by atoms with Crippen LogP contribution in [0, 0.1) is 0 Å². The van der Waals surface area contributed by atoms with Crippen molar-refractivity contribution in [3.8, 4) is 0 Å². The van der Waals surface area contributed by atoms with E-state index in [0.717, 1.165) is 0 Å². The molecule has 0 amide bonds. The summed E-state index contributed by atoms with van der Waals surface area (Å²) in [6, 6.07) is -8.98. The first kappa shape index (κ1) is 48.2. The molecule has 0 N–H and O–H groups in total. The van der Waals surface area contributed by atoms with Crippen molar-refractivity contribution in [3.63, 3.8) is 0 Å². The van der Waals surface area contributed by atoms with Crippen molar-refractivity contribution in [2.75, 3.05) is 0 Å². The largest absolute Gasteiger partial charge is 0.468 e. The molecule has 34 heteroatoms. The second-order valence-corrected chi connectivity index (χ2v) is 11.2. The van der Waals surface area contributed by atoms with E-state index >= 15 is 4.39 Å². The Balaban J connectivity index is 8.29. The number of carbonyl (C=O) groups is 1. The topological polar surface area (TPSA) is 63.7 Å². The van der Waals surface area contributed by atoms with Gasteiger partial charge in [0.25, 0.3) is 9.84 Å². The maximum atomic E-state index is 15.2. The van der Waals surface area contributed by atoms with E-state index in [1.54, 1.807) is 0 Å². The maximum absolute atomic E-state index is 15.2. The van der Waals surface area contributed by atoms with Gasteiger partial charge in [-0.3, -0.25) is 0 Å². The van der Waals surface area contributed by atoms with E-state index in [-0.39, 0.29) is 6.92 Å². The number of ether oxygens (including phenoxy) is 1. The Morgan fingerprint density at radius 1 is 0.510 bits per heavy atom.